The minimum atomic E-state index is -0.798. The van der Waals surface area contributed by atoms with E-state index in [1.807, 2.05) is 60.7 Å². The standard InChI is InChI=1S/C25H24N4O7/c1-16(30)35-15-36-20(31)12-13-26-25(34)22-27-14-19(24(33)29-22)23(32)28-21(17-8-4-2-5-9-17)18-10-6-3-7-11-18/h2-11,14,21H,12-13,15H2,1H3,(H,26,34)(H,28,32)(H,27,29,33). The molecule has 3 rings (SSSR count). The molecule has 0 radical (unpaired) electrons. The summed E-state index contributed by atoms with van der Waals surface area (Å²) in [5.41, 5.74) is 0.582. The molecule has 2 amide bonds. The highest BCUT2D eigenvalue weighted by Crippen LogP contribution is 2.22. The Kier molecular flexibility index (Phi) is 9.04. The van der Waals surface area contributed by atoms with E-state index in [2.05, 4.69) is 30.1 Å². The van der Waals surface area contributed by atoms with Gasteiger partial charge in [0, 0.05) is 19.7 Å². The number of hydrogen-bond acceptors (Lipinski definition) is 8. The first kappa shape index (κ1) is 25.8. The zero-order chi connectivity index (χ0) is 25.9. The quantitative estimate of drug-likeness (QED) is 0.284. The van der Waals surface area contributed by atoms with Crippen molar-refractivity contribution in [2.45, 2.75) is 19.4 Å². The summed E-state index contributed by atoms with van der Waals surface area (Å²) in [7, 11) is 0. The minimum absolute atomic E-state index is 0.112. The van der Waals surface area contributed by atoms with Crippen LogP contribution in [0.25, 0.3) is 0 Å². The van der Waals surface area contributed by atoms with E-state index in [9.17, 15) is 24.0 Å². The van der Waals surface area contributed by atoms with Crippen LogP contribution in [0.3, 0.4) is 0 Å². The Bertz CT molecular complexity index is 1240. The van der Waals surface area contributed by atoms with Crippen molar-refractivity contribution in [3.63, 3.8) is 0 Å². The maximum absolute atomic E-state index is 12.9. The highest BCUT2D eigenvalue weighted by atomic mass is 16.7. The van der Waals surface area contributed by atoms with E-state index in [0.29, 0.717) is 0 Å². The Balaban J connectivity index is 1.62. The Hall–Kier alpha value is -4.80. The van der Waals surface area contributed by atoms with Gasteiger partial charge in [-0.25, -0.2) is 4.98 Å². The lowest BCUT2D eigenvalue weighted by Crippen LogP contribution is -2.35. The third-order valence-corrected chi connectivity index (χ3v) is 4.90. The van der Waals surface area contributed by atoms with Gasteiger partial charge in [-0.05, 0) is 11.1 Å². The zero-order valence-corrected chi connectivity index (χ0v) is 19.4. The molecule has 0 saturated carbocycles. The van der Waals surface area contributed by atoms with E-state index in [4.69, 9.17) is 0 Å². The molecule has 0 bridgehead atoms. The second-order valence-electron chi connectivity index (χ2n) is 7.48. The molecule has 11 heteroatoms. The van der Waals surface area contributed by atoms with Gasteiger partial charge >= 0.3 is 11.9 Å². The van der Waals surface area contributed by atoms with Gasteiger partial charge in [-0.3, -0.25) is 24.0 Å². The van der Waals surface area contributed by atoms with Crippen LogP contribution in [0.1, 0.15) is 51.5 Å². The summed E-state index contributed by atoms with van der Waals surface area (Å²) in [6.45, 7) is 0.539. The van der Waals surface area contributed by atoms with E-state index in [1.165, 1.54) is 6.92 Å². The SMILES string of the molecule is CC(=O)OCOC(=O)CCNC(=O)c1ncc(C(=O)NC(c2ccccc2)c2ccccc2)c(=O)[nH]1. The maximum Gasteiger partial charge on any atom is 0.310 e. The van der Waals surface area contributed by atoms with Crippen molar-refractivity contribution in [1.29, 1.82) is 0 Å². The fourth-order valence-corrected chi connectivity index (χ4v) is 3.14. The fraction of sp³-hybridized carbons (Fsp3) is 0.200. The molecular formula is C25H24N4O7. The lowest BCUT2D eigenvalue weighted by Gasteiger charge is -2.19. The molecule has 0 aliphatic carbocycles. The van der Waals surface area contributed by atoms with E-state index in [0.717, 1.165) is 17.3 Å². The van der Waals surface area contributed by atoms with Crippen molar-refractivity contribution in [1.82, 2.24) is 20.6 Å². The number of esters is 2. The van der Waals surface area contributed by atoms with Crippen molar-refractivity contribution >= 4 is 23.8 Å². The molecule has 2 aromatic carbocycles. The van der Waals surface area contributed by atoms with Gasteiger partial charge in [0.2, 0.25) is 6.79 Å². The van der Waals surface area contributed by atoms with E-state index >= 15 is 0 Å². The molecule has 11 nitrogen and oxygen atoms in total. The molecule has 0 fully saturated rings. The van der Waals surface area contributed by atoms with Gasteiger partial charge in [0.05, 0.1) is 12.5 Å². The van der Waals surface area contributed by atoms with E-state index in [-0.39, 0.29) is 24.4 Å². The van der Waals surface area contributed by atoms with Crippen molar-refractivity contribution in [2.24, 2.45) is 0 Å². The van der Waals surface area contributed by atoms with E-state index < -0.39 is 42.1 Å². The number of carbonyl (C=O) groups is 4. The molecule has 0 aliphatic heterocycles. The number of nitrogens with zero attached hydrogens (tertiary/aromatic N) is 1. The summed E-state index contributed by atoms with van der Waals surface area (Å²) in [5, 5.41) is 5.24. The molecule has 1 heterocycles. The summed E-state index contributed by atoms with van der Waals surface area (Å²) in [6, 6.07) is 18.0. The van der Waals surface area contributed by atoms with Gasteiger partial charge in [-0.15, -0.1) is 0 Å². The van der Waals surface area contributed by atoms with Gasteiger partial charge in [0.25, 0.3) is 17.4 Å². The first-order valence-electron chi connectivity index (χ1n) is 10.9. The number of aromatic nitrogens is 2. The molecular weight excluding hydrogens is 468 g/mol. The van der Waals surface area contributed by atoms with Crippen molar-refractivity contribution in [3.8, 4) is 0 Å². The monoisotopic (exact) mass is 492 g/mol. The number of ether oxygens (including phenoxy) is 2. The molecule has 186 valence electrons. The van der Waals surface area contributed by atoms with Crippen molar-refractivity contribution in [2.75, 3.05) is 13.3 Å². The largest absolute Gasteiger partial charge is 0.428 e. The molecule has 3 aromatic rings. The average Bonchev–Trinajstić information content (AvgIpc) is 2.87. The van der Waals surface area contributed by atoms with Crippen molar-refractivity contribution < 1.29 is 28.7 Å². The summed E-state index contributed by atoms with van der Waals surface area (Å²) < 4.78 is 9.12. The normalized spacial score (nSPS) is 10.4. The number of aromatic amines is 1. The molecule has 0 unspecified atom stereocenters. The number of nitrogens with one attached hydrogen (secondary N) is 3. The van der Waals surface area contributed by atoms with Gasteiger partial charge in [-0.1, -0.05) is 60.7 Å². The number of hydrogen-bond donors (Lipinski definition) is 3. The number of amides is 2. The van der Waals surface area contributed by atoms with Crippen LogP contribution in [0.4, 0.5) is 0 Å². The number of H-pyrrole nitrogens is 1. The Morgan fingerprint density at radius 3 is 2.08 bits per heavy atom. The Morgan fingerprint density at radius 2 is 1.53 bits per heavy atom. The van der Waals surface area contributed by atoms with Crippen LogP contribution in [-0.2, 0) is 19.1 Å². The summed E-state index contributed by atoms with van der Waals surface area (Å²) in [5.74, 6) is -3.04. The second kappa shape index (κ2) is 12.6. The van der Waals surface area contributed by atoms with Crippen LogP contribution < -0.4 is 16.2 Å². The Labute approximate surface area is 205 Å². The topological polar surface area (TPSA) is 157 Å². The van der Waals surface area contributed by atoms with Gasteiger partial charge in [0.15, 0.2) is 5.82 Å². The van der Waals surface area contributed by atoms with Gasteiger partial charge in [-0.2, -0.15) is 0 Å². The third kappa shape index (κ3) is 7.35. The number of rotatable bonds is 10. The highest BCUT2D eigenvalue weighted by Gasteiger charge is 2.21. The third-order valence-electron chi connectivity index (χ3n) is 4.90. The zero-order valence-electron chi connectivity index (χ0n) is 19.4. The van der Waals surface area contributed by atoms with Crippen LogP contribution in [0.15, 0.2) is 71.7 Å². The minimum Gasteiger partial charge on any atom is -0.428 e. The van der Waals surface area contributed by atoms with Crippen LogP contribution >= 0.6 is 0 Å². The highest BCUT2D eigenvalue weighted by molar-refractivity contribution is 5.95. The summed E-state index contributed by atoms with van der Waals surface area (Å²) >= 11 is 0. The smallest absolute Gasteiger partial charge is 0.310 e. The number of benzene rings is 2. The molecule has 0 atom stereocenters. The lowest BCUT2D eigenvalue weighted by atomic mass is 9.98. The van der Waals surface area contributed by atoms with Gasteiger partial charge < -0.3 is 25.1 Å². The number of carbonyl (C=O) groups excluding carboxylic acids is 4. The lowest BCUT2D eigenvalue weighted by molar-refractivity contribution is -0.165. The predicted octanol–water partition coefficient (Wildman–Crippen LogP) is 1.47. The molecule has 3 N–H and O–H groups in total. The van der Waals surface area contributed by atoms with Crippen molar-refractivity contribution in [3.05, 3.63) is 99.7 Å². The van der Waals surface area contributed by atoms with Crippen LogP contribution in [-0.4, -0.2) is 47.1 Å². The first-order valence-corrected chi connectivity index (χ1v) is 10.9. The second-order valence-corrected chi connectivity index (χ2v) is 7.48. The molecule has 1 aromatic heterocycles. The Morgan fingerprint density at radius 1 is 0.917 bits per heavy atom. The molecule has 0 saturated heterocycles. The molecule has 0 spiro atoms. The molecule has 36 heavy (non-hydrogen) atoms. The summed E-state index contributed by atoms with van der Waals surface area (Å²) in [6.07, 6.45) is 0.821. The molecule has 0 aliphatic rings. The maximum atomic E-state index is 12.9. The van der Waals surface area contributed by atoms with Crippen LogP contribution in [0.5, 0.6) is 0 Å². The van der Waals surface area contributed by atoms with E-state index in [1.54, 1.807) is 0 Å². The van der Waals surface area contributed by atoms with Crippen LogP contribution in [0.2, 0.25) is 0 Å². The predicted molar refractivity (Wildman–Crippen MR) is 127 cm³/mol. The van der Waals surface area contributed by atoms with Gasteiger partial charge in [0.1, 0.15) is 5.56 Å². The summed E-state index contributed by atoms with van der Waals surface area (Å²) in [4.78, 5) is 66.0. The van der Waals surface area contributed by atoms with Crippen LogP contribution in [0, 0.1) is 0 Å². The fourth-order valence-electron chi connectivity index (χ4n) is 3.14. The first-order chi connectivity index (χ1) is 17.3. The average molecular weight is 492 g/mol.